The summed E-state index contributed by atoms with van der Waals surface area (Å²) in [5, 5.41) is 21.7. The third-order valence-electron chi connectivity index (χ3n) is 6.89. The number of benzene rings is 3. The number of ether oxygens (including phenoxy) is 3. The standard InChI is InChI=1S/C31H13F17N4O5/c32-21(25(34,35)26(36,37)27(38,39)28(40,41)29(42,43)30(44,45)31(46,47)48)22(33)55-20-10-14(23(53)56-18-5-1-16(2-6-18)51-12-49)9-15(11-20)24(54)57-19-7-3-17(4-8-19)52-13-50/h1-11,51-52H. The fraction of sp³-hybridized carbons (Fsp3) is 0.226. The molecule has 0 atom stereocenters. The van der Waals surface area contributed by atoms with E-state index in [1.807, 2.05) is 0 Å². The van der Waals surface area contributed by atoms with Gasteiger partial charge >= 0.3 is 59.7 Å². The summed E-state index contributed by atoms with van der Waals surface area (Å²) in [5.41, 5.74) is -1.74. The average molecular weight is 844 g/mol. The summed E-state index contributed by atoms with van der Waals surface area (Å²) in [5.74, 6) is -61.1. The highest BCUT2D eigenvalue weighted by atomic mass is 19.4. The molecule has 2 N–H and O–H groups in total. The average Bonchev–Trinajstić information content (AvgIpc) is 3.12. The molecule has 0 saturated carbocycles. The van der Waals surface area contributed by atoms with E-state index in [0.717, 1.165) is 48.5 Å². The van der Waals surface area contributed by atoms with E-state index in [0.29, 0.717) is 6.07 Å². The van der Waals surface area contributed by atoms with Crippen molar-refractivity contribution in [2.75, 3.05) is 10.6 Å². The van der Waals surface area contributed by atoms with Crippen molar-refractivity contribution in [3.63, 3.8) is 0 Å². The van der Waals surface area contributed by atoms with Crippen molar-refractivity contribution in [2.24, 2.45) is 0 Å². The first kappa shape index (κ1) is 44.9. The van der Waals surface area contributed by atoms with Gasteiger partial charge in [-0.05, 0) is 66.7 Å². The molecule has 3 rings (SSSR count). The van der Waals surface area contributed by atoms with Gasteiger partial charge in [0.15, 0.2) is 12.4 Å². The van der Waals surface area contributed by atoms with Gasteiger partial charge in [0.1, 0.15) is 17.2 Å². The predicted molar refractivity (Wildman–Crippen MR) is 153 cm³/mol. The molecule has 0 heterocycles. The maximum absolute atomic E-state index is 14.7. The Labute approximate surface area is 304 Å². The lowest BCUT2D eigenvalue weighted by molar-refractivity contribution is -0.451. The molecule has 0 spiro atoms. The van der Waals surface area contributed by atoms with Crippen LogP contribution in [0.25, 0.3) is 0 Å². The van der Waals surface area contributed by atoms with Crippen LogP contribution in [0.5, 0.6) is 17.2 Å². The molecule has 0 aliphatic carbocycles. The number of halogens is 17. The molecule has 0 saturated heterocycles. The Balaban J connectivity index is 2.08. The first-order valence-corrected chi connectivity index (χ1v) is 14.2. The van der Waals surface area contributed by atoms with E-state index in [-0.39, 0.29) is 35.0 Å². The van der Waals surface area contributed by atoms with Crippen LogP contribution >= 0.6 is 0 Å². The molecular formula is C31H13F17N4O5. The Morgan fingerprint density at radius 1 is 0.491 bits per heavy atom. The van der Waals surface area contributed by atoms with Crippen LogP contribution in [0.2, 0.25) is 0 Å². The Bertz CT molecular complexity index is 2020. The second-order valence-electron chi connectivity index (χ2n) is 10.7. The molecule has 0 fully saturated rings. The number of nitriles is 2. The van der Waals surface area contributed by atoms with Gasteiger partial charge in [-0.2, -0.15) is 85.2 Å². The van der Waals surface area contributed by atoms with Crippen molar-refractivity contribution in [2.45, 2.75) is 41.7 Å². The van der Waals surface area contributed by atoms with Crippen molar-refractivity contribution >= 4 is 23.3 Å². The van der Waals surface area contributed by atoms with E-state index in [1.54, 1.807) is 12.4 Å². The Morgan fingerprint density at radius 2 is 0.842 bits per heavy atom. The van der Waals surface area contributed by atoms with Crippen LogP contribution in [0.1, 0.15) is 20.7 Å². The van der Waals surface area contributed by atoms with Crippen molar-refractivity contribution in [3.05, 3.63) is 89.7 Å². The highest BCUT2D eigenvalue weighted by Crippen LogP contribution is 2.63. The minimum atomic E-state index is -8.80. The fourth-order valence-electron chi connectivity index (χ4n) is 3.94. The molecule has 9 nitrogen and oxygen atoms in total. The third-order valence-corrected chi connectivity index (χ3v) is 6.89. The van der Waals surface area contributed by atoms with E-state index in [4.69, 9.17) is 20.0 Å². The van der Waals surface area contributed by atoms with Gasteiger partial charge < -0.3 is 14.2 Å². The fourth-order valence-corrected chi connectivity index (χ4v) is 3.94. The lowest BCUT2D eigenvalue weighted by atomic mass is 9.91. The van der Waals surface area contributed by atoms with Gasteiger partial charge in [0.25, 0.3) is 0 Å². The zero-order chi connectivity index (χ0) is 43.6. The van der Waals surface area contributed by atoms with Gasteiger partial charge in [-0.15, -0.1) is 0 Å². The number of carbonyl (C=O) groups excluding carboxylic acids is 2. The maximum atomic E-state index is 14.7. The van der Waals surface area contributed by atoms with E-state index >= 15 is 0 Å². The summed E-state index contributed by atoms with van der Waals surface area (Å²) in [7, 11) is 0. The van der Waals surface area contributed by atoms with Crippen molar-refractivity contribution in [1.29, 1.82) is 10.5 Å². The summed E-state index contributed by atoms with van der Waals surface area (Å²) in [4.78, 5) is 25.7. The molecule has 0 aliphatic heterocycles. The number of hydrogen-bond acceptors (Lipinski definition) is 9. The monoisotopic (exact) mass is 844 g/mol. The second-order valence-corrected chi connectivity index (χ2v) is 10.7. The third kappa shape index (κ3) is 8.38. The van der Waals surface area contributed by atoms with Crippen LogP contribution in [0.3, 0.4) is 0 Å². The zero-order valence-corrected chi connectivity index (χ0v) is 26.7. The molecule has 26 heteroatoms. The van der Waals surface area contributed by atoms with Crippen LogP contribution < -0.4 is 24.8 Å². The van der Waals surface area contributed by atoms with Gasteiger partial charge in [-0.3, -0.25) is 10.6 Å². The Kier molecular flexibility index (Phi) is 12.3. The number of hydrogen-bond donors (Lipinski definition) is 2. The maximum Gasteiger partial charge on any atom is 0.460 e. The van der Waals surface area contributed by atoms with E-state index in [9.17, 15) is 84.2 Å². The number of nitrogens with one attached hydrogen (secondary N) is 2. The van der Waals surface area contributed by atoms with E-state index < -0.39 is 82.4 Å². The summed E-state index contributed by atoms with van der Waals surface area (Å²) in [6.45, 7) is 0. The zero-order valence-electron chi connectivity index (χ0n) is 26.7. The number of allylic oxidation sites excluding steroid dienone is 1. The van der Waals surface area contributed by atoms with Crippen molar-refractivity contribution in [3.8, 4) is 29.6 Å². The first-order valence-electron chi connectivity index (χ1n) is 14.2. The minimum Gasteiger partial charge on any atom is -0.430 e. The number of anilines is 2. The van der Waals surface area contributed by atoms with Crippen molar-refractivity contribution in [1.82, 2.24) is 0 Å². The van der Waals surface area contributed by atoms with Crippen LogP contribution in [0.15, 0.2) is 78.6 Å². The van der Waals surface area contributed by atoms with Gasteiger partial charge in [0.2, 0.25) is 5.83 Å². The number of esters is 2. The highest BCUT2D eigenvalue weighted by Gasteiger charge is 2.94. The predicted octanol–water partition coefficient (Wildman–Crippen LogP) is 9.77. The van der Waals surface area contributed by atoms with Gasteiger partial charge in [0.05, 0.1) is 11.1 Å². The van der Waals surface area contributed by atoms with Gasteiger partial charge in [-0.25, -0.2) is 9.59 Å². The summed E-state index contributed by atoms with van der Waals surface area (Å²) >= 11 is 0. The molecule has 3 aromatic rings. The number of rotatable bonds is 14. The van der Waals surface area contributed by atoms with E-state index in [2.05, 4.69) is 15.4 Å². The summed E-state index contributed by atoms with van der Waals surface area (Å²) in [6.07, 6.45) is -4.81. The Hall–Kier alpha value is -6.47. The molecule has 306 valence electrons. The molecule has 0 aliphatic rings. The summed E-state index contributed by atoms with van der Waals surface area (Å²) in [6, 6.07) is 5.77. The summed E-state index contributed by atoms with van der Waals surface area (Å²) < 4.78 is 246. The van der Waals surface area contributed by atoms with Gasteiger partial charge in [0, 0.05) is 11.4 Å². The topological polar surface area (TPSA) is 133 Å². The molecule has 3 aromatic carbocycles. The van der Waals surface area contributed by atoms with Crippen LogP contribution in [-0.2, 0) is 0 Å². The normalized spacial score (nSPS) is 13.4. The molecular weight excluding hydrogens is 831 g/mol. The number of carbonyl (C=O) groups is 2. The second kappa shape index (κ2) is 15.6. The number of nitrogens with zero attached hydrogens (tertiary/aromatic N) is 2. The van der Waals surface area contributed by atoms with Crippen LogP contribution in [0.4, 0.5) is 86.0 Å². The largest absolute Gasteiger partial charge is 0.460 e. The SMILES string of the molecule is N#CNc1ccc(OC(=O)c2cc(OC(F)=C(F)C(F)(F)C(F)(F)C(F)(F)C(F)(F)C(F)(F)C(F)(F)C(F)(F)F)cc(C(=O)Oc3ccc(NC#N)cc3)c2)cc1. The first-order chi connectivity index (χ1) is 26.0. The molecule has 0 aromatic heterocycles. The molecule has 57 heavy (non-hydrogen) atoms. The lowest BCUT2D eigenvalue weighted by Crippen LogP contribution is -2.72. The molecule has 0 unspecified atom stereocenters. The van der Waals surface area contributed by atoms with Crippen molar-refractivity contribution < 1.29 is 98.4 Å². The molecule has 0 amide bonds. The van der Waals surface area contributed by atoms with Gasteiger partial charge in [-0.1, -0.05) is 0 Å². The smallest absolute Gasteiger partial charge is 0.430 e. The number of alkyl halides is 15. The molecule has 0 bridgehead atoms. The highest BCUT2D eigenvalue weighted by molar-refractivity contribution is 5.97. The van der Waals surface area contributed by atoms with Crippen LogP contribution in [0, 0.1) is 22.9 Å². The van der Waals surface area contributed by atoms with Crippen LogP contribution in [-0.4, -0.2) is 53.7 Å². The van der Waals surface area contributed by atoms with E-state index in [1.165, 1.54) is 0 Å². The quantitative estimate of drug-likeness (QED) is 0.0406. The molecule has 0 radical (unpaired) electrons. The minimum absolute atomic E-state index is 0.148. The Morgan fingerprint density at radius 3 is 1.19 bits per heavy atom. The lowest BCUT2D eigenvalue weighted by Gasteiger charge is -2.41.